The Morgan fingerprint density at radius 1 is 1.14 bits per heavy atom. The standard InChI is InChI=1S/C12H18N2/c1-3-11-4-6-12(7-5-11)14-9-8-13(2)10-14/h4-7H,3,8-10H2,1-2H3. The number of hydrogen-bond acceptors (Lipinski definition) is 2. The van der Waals surface area contributed by atoms with Crippen molar-refractivity contribution >= 4 is 5.69 Å². The number of hydrogen-bond donors (Lipinski definition) is 0. The molecule has 0 bridgehead atoms. The predicted octanol–water partition coefficient (Wildman–Crippen LogP) is 1.96. The van der Waals surface area contributed by atoms with E-state index in [1.807, 2.05) is 0 Å². The highest BCUT2D eigenvalue weighted by atomic mass is 15.4. The second-order valence-corrected chi connectivity index (χ2v) is 4.00. The Labute approximate surface area is 86.1 Å². The fourth-order valence-electron chi connectivity index (χ4n) is 1.88. The van der Waals surface area contributed by atoms with Gasteiger partial charge in [-0.2, -0.15) is 0 Å². The molecule has 1 heterocycles. The molecule has 1 saturated heterocycles. The van der Waals surface area contributed by atoms with Gasteiger partial charge >= 0.3 is 0 Å². The van der Waals surface area contributed by atoms with Gasteiger partial charge in [0.25, 0.3) is 0 Å². The third-order valence-electron chi connectivity index (χ3n) is 2.87. The summed E-state index contributed by atoms with van der Waals surface area (Å²) in [5.74, 6) is 0. The van der Waals surface area contributed by atoms with Crippen molar-refractivity contribution in [2.75, 3.05) is 31.7 Å². The molecule has 0 aromatic heterocycles. The van der Waals surface area contributed by atoms with Gasteiger partial charge in [0.1, 0.15) is 0 Å². The largest absolute Gasteiger partial charge is 0.357 e. The SMILES string of the molecule is CCc1ccc(N2CCN(C)C2)cc1. The molecule has 0 saturated carbocycles. The van der Waals surface area contributed by atoms with Crippen molar-refractivity contribution in [2.24, 2.45) is 0 Å². The van der Waals surface area contributed by atoms with E-state index in [0.29, 0.717) is 0 Å². The van der Waals surface area contributed by atoms with Crippen LogP contribution in [0.5, 0.6) is 0 Å². The van der Waals surface area contributed by atoms with Gasteiger partial charge in [-0.05, 0) is 31.2 Å². The van der Waals surface area contributed by atoms with Gasteiger partial charge in [0.05, 0.1) is 6.67 Å². The number of rotatable bonds is 2. The lowest BCUT2D eigenvalue weighted by Gasteiger charge is -2.18. The topological polar surface area (TPSA) is 6.48 Å². The Bertz CT molecular complexity index is 292. The summed E-state index contributed by atoms with van der Waals surface area (Å²) in [5, 5.41) is 0. The minimum Gasteiger partial charge on any atom is -0.357 e. The molecule has 0 atom stereocenters. The van der Waals surface area contributed by atoms with E-state index < -0.39 is 0 Å². The summed E-state index contributed by atoms with van der Waals surface area (Å²) in [6.07, 6.45) is 1.13. The molecule has 2 nitrogen and oxygen atoms in total. The molecule has 0 amide bonds. The van der Waals surface area contributed by atoms with Crippen LogP contribution in [-0.4, -0.2) is 31.7 Å². The zero-order valence-electron chi connectivity index (χ0n) is 9.03. The van der Waals surface area contributed by atoms with Crippen LogP contribution in [0.4, 0.5) is 5.69 Å². The lowest BCUT2D eigenvalue weighted by molar-refractivity contribution is 0.421. The summed E-state index contributed by atoms with van der Waals surface area (Å²) in [5.41, 5.74) is 2.77. The number of anilines is 1. The van der Waals surface area contributed by atoms with E-state index in [4.69, 9.17) is 0 Å². The summed E-state index contributed by atoms with van der Waals surface area (Å²) in [6, 6.07) is 8.93. The smallest absolute Gasteiger partial charge is 0.0705 e. The van der Waals surface area contributed by atoms with Crippen molar-refractivity contribution in [3.05, 3.63) is 29.8 Å². The van der Waals surface area contributed by atoms with Crippen molar-refractivity contribution in [3.8, 4) is 0 Å². The first-order valence-electron chi connectivity index (χ1n) is 5.32. The Morgan fingerprint density at radius 3 is 2.36 bits per heavy atom. The lowest BCUT2D eigenvalue weighted by atomic mass is 10.1. The quantitative estimate of drug-likeness (QED) is 0.703. The zero-order chi connectivity index (χ0) is 9.97. The van der Waals surface area contributed by atoms with Crippen LogP contribution in [0.25, 0.3) is 0 Å². The van der Waals surface area contributed by atoms with E-state index >= 15 is 0 Å². The first-order chi connectivity index (χ1) is 6.79. The average Bonchev–Trinajstić information content (AvgIpc) is 2.65. The molecule has 76 valence electrons. The van der Waals surface area contributed by atoms with Gasteiger partial charge in [0.15, 0.2) is 0 Å². The van der Waals surface area contributed by atoms with Crippen molar-refractivity contribution in [1.29, 1.82) is 0 Å². The maximum absolute atomic E-state index is 2.42. The van der Waals surface area contributed by atoms with Crippen molar-refractivity contribution < 1.29 is 0 Å². The molecule has 0 aliphatic carbocycles. The molecule has 0 spiro atoms. The Hall–Kier alpha value is -1.02. The molecule has 0 N–H and O–H groups in total. The molecule has 1 aromatic rings. The first kappa shape index (κ1) is 9.53. The Kier molecular flexibility index (Phi) is 2.73. The van der Waals surface area contributed by atoms with Crippen molar-refractivity contribution in [1.82, 2.24) is 4.90 Å². The molecular weight excluding hydrogens is 172 g/mol. The van der Waals surface area contributed by atoms with Gasteiger partial charge in [0.2, 0.25) is 0 Å². The van der Waals surface area contributed by atoms with Crippen LogP contribution in [0.3, 0.4) is 0 Å². The molecule has 1 fully saturated rings. The normalized spacial score (nSPS) is 17.7. The molecular formula is C12H18N2. The highest BCUT2D eigenvalue weighted by Gasteiger charge is 2.15. The number of benzene rings is 1. The predicted molar refractivity (Wildman–Crippen MR) is 60.7 cm³/mol. The third kappa shape index (κ3) is 1.90. The molecule has 2 heteroatoms. The van der Waals surface area contributed by atoms with Crippen molar-refractivity contribution in [3.63, 3.8) is 0 Å². The lowest BCUT2D eigenvalue weighted by Crippen LogP contribution is -2.22. The maximum Gasteiger partial charge on any atom is 0.0705 e. The monoisotopic (exact) mass is 190 g/mol. The highest BCUT2D eigenvalue weighted by molar-refractivity contribution is 5.48. The summed E-state index contributed by atoms with van der Waals surface area (Å²) < 4.78 is 0. The van der Waals surface area contributed by atoms with Gasteiger partial charge in [-0.1, -0.05) is 19.1 Å². The molecule has 0 radical (unpaired) electrons. The van der Waals surface area contributed by atoms with Crippen molar-refractivity contribution in [2.45, 2.75) is 13.3 Å². The fourth-order valence-corrected chi connectivity index (χ4v) is 1.88. The molecule has 14 heavy (non-hydrogen) atoms. The summed E-state index contributed by atoms with van der Waals surface area (Å²) in [6.45, 7) is 5.58. The van der Waals surface area contributed by atoms with Crippen LogP contribution in [0.15, 0.2) is 24.3 Å². The number of likely N-dealkylation sites (N-methyl/N-ethyl adjacent to an activating group) is 1. The molecule has 1 aliphatic heterocycles. The minimum atomic E-state index is 1.06. The van der Waals surface area contributed by atoms with Crippen LogP contribution in [-0.2, 0) is 6.42 Å². The van der Waals surface area contributed by atoms with Crippen LogP contribution in [0.2, 0.25) is 0 Å². The van der Waals surface area contributed by atoms with Crippen LogP contribution < -0.4 is 4.90 Å². The minimum absolute atomic E-state index is 1.06. The summed E-state index contributed by atoms with van der Waals surface area (Å²) in [4.78, 5) is 4.76. The van der Waals surface area contributed by atoms with E-state index in [-0.39, 0.29) is 0 Å². The number of nitrogens with zero attached hydrogens (tertiary/aromatic N) is 2. The van der Waals surface area contributed by atoms with Crippen LogP contribution in [0, 0.1) is 0 Å². The Morgan fingerprint density at radius 2 is 1.86 bits per heavy atom. The van der Waals surface area contributed by atoms with Gasteiger partial charge in [-0.25, -0.2) is 0 Å². The molecule has 2 rings (SSSR count). The zero-order valence-corrected chi connectivity index (χ0v) is 9.03. The number of aryl methyl sites for hydroxylation is 1. The van der Waals surface area contributed by atoms with Gasteiger partial charge < -0.3 is 4.90 Å². The van der Waals surface area contributed by atoms with Gasteiger partial charge in [-0.3, -0.25) is 4.90 Å². The molecule has 1 aromatic carbocycles. The van der Waals surface area contributed by atoms with E-state index in [1.54, 1.807) is 0 Å². The van der Waals surface area contributed by atoms with E-state index in [9.17, 15) is 0 Å². The first-order valence-corrected chi connectivity index (χ1v) is 5.32. The second kappa shape index (κ2) is 4.01. The second-order valence-electron chi connectivity index (χ2n) is 4.00. The van der Waals surface area contributed by atoms with E-state index in [2.05, 4.69) is 48.0 Å². The Balaban J connectivity index is 2.09. The summed E-state index contributed by atoms with van der Waals surface area (Å²) >= 11 is 0. The average molecular weight is 190 g/mol. The van der Waals surface area contributed by atoms with Crippen LogP contribution >= 0.6 is 0 Å². The highest BCUT2D eigenvalue weighted by Crippen LogP contribution is 2.18. The van der Waals surface area contributed by atoms with E-state index in [1.165, 1.54) is 17.8 Å². The van der Waals surface area contributed by atoms with Gasteiger partial charge in [-0.15, -0.1) is 0 Å². The summed E-state index contributed by atoms with van der Waals surface area (Å²) in [7, 11) is 2.17. The van der Waals surface area contributed by atoms with Crippen LogP contribution in [0.1, 0.15) is 12.5 Å². The third-order valence-corrected chi connectivity index (χ3v) is 2.87. The maximum atomic E-state index is 2.42. The molecule has 1 aliphatic rings. The fraction of sp³-hybridized carbons (Fsp3) is 0.500. The van der Waals surface area contributed by atoms with Gasteiger partial charge in [0, 0.05) is 18.8 Å². The van der Waals surface area contributed by atoms with E-state index in [0.717, 1.165) is 19.6 Å². The molecule has 0 unspecified atom stereocenters.